The van der Waals surface area contributed by atoms with Crippen LogP contribution in [0, 0.1) is 5.92 Å². The minimum Gasteiger partial charge on any atom is -0.462 e. The SMILES string of the molecule is C=CCS(=O)(=O)CC(=O)Nc1sc2c(c1C(=O)OCC)CCC(C)C2. The van der Waals surface area contributed by atoms with Gasteiger partial charge in [-0.25, -0.2) is 13.2 Å². The van der Waals surface area contributed by atoms with Gasteiger partial charge in [0.25, 0.3) is 0 Å². The molecular formula is C17H23NO5S2. The third kappa shape index (κ3) is 4.92. The first-order chi connectivity index (χ1) is 11.8. The lowest BCUT2D eigenvalue weighted by molar-refractivity contribution is -0.113. The lowest BCUT2D eigenvalue weighted by Crippen LogP contribution is -2.24. The number of esters is 1. The van der Waals surface area contributed by atoms with Gasteiger partial charge in [0.05, 0.1) is 17.9 Å². The summed E-state index contributed by atoms with van der Waals surface area (Å²) in [5.74, 6) is -1.51. The number of fused-ring (bicyclic) bond motifs is 1. The Morgan fingerprint density at radius 1 is 1.44 bits per heavy atom. The highest BCUT2D eigenvalue weighted by atomic mass is 32.2. The molecule has 0 saturated heterocycles. The Bertz CT molecular complexity index is 779. The molecule has 1 amide bonds. The zero-order chi connectivity index (χ0) is 18.6. The average Bonchev–Trinajstić information content (AvgIpc) is 2.83. The van der Waals surface area contributed by atoms with Crippen molar-refractivity contribution < 1.29 is 22.7 Å². The number of amides is 1. The number of carbonyl (C=O) groups is 2. The van der Waals surface area contributed by atoms with Crippen LogP contribution in [0.25, 0.3) is 0 Å². The third-order valence-electron chi connectivity index (χ3n) is 3.97. The van der Waals surface area contributed by atoms with E-state index in [0.29, 0.717) is 16.5 Å². The first-order valence-electron chi connectivity index (χ1n) is 8.20. The van der Waals surface area contributed by atoms with Gasteiger partial charge in [-0.15, -0.1) is 17.9 Å². The molecule has 0 saturated carbocycles. The second-order valence-corrected chi connectivity index (χ2v) is 9.38. The van der Waals surface area contributed by atoms with Crippen LogP contribution in [0.2, 0.25) is 0 Å². The Morgan fingerprint density at radius 2 is 2.16 bits per heavy atom. The fourth-order valence-electron chi connectivity index (χ4n) is 2.86. The molecule has 0 aromatic carbocycles. The monoisotopic (exact) mass is 385 g/mol. The van der Waals surface area contributed by atoms with Crippen molar-refractivity contribution in [1.29, 1.82) is 0 Å². The van der Waals surface area contributed by atoms with Crippen molar-refractivity contribution in [2.24, 2.45) is 5.92 Å². The van der Waals surface area contributed by atoms with Gasteiger partial charge >= 0.3 is 5.97 Å². The molecule has 0 fully saturated rings. The molecule has 1 atom stereocenters. The van der Waals surface area contributed by atoms with E-state index in [0.717, 1.165) is 29.7 Å². The molecule has 8 heteroatoms. The molecule has 2 rings (SSSR count). The van der Waals surface area contributed by atoms with Crippen LogP contribution in [-0.2, 0) is 32.2 Å². The van der Waals surface area contributed by atoms with Gasteiger partial charge in [-0.1, -0.05) is 13.0 Å². The van der Waals surface area contributed by atoms with Crippen LogP contribution in [0.5, 0.6) is 0 Å². The summed E-state index contributed by atoms with van der Waals surface area (Å²) in [7, 11) is -3.55. The topological polar surface area (TPSA) is 89.5 Å². The van der Waals surface area contributed by atoms with E-state index in [1.165, 1.54) is 17.4 Å². The Labute approximate surface area is 152 Å². The quantitative estimate of drug-likeness (QED) is 0.576. The summed E-state index contributed by atoms with van der Waals surface area (Å²) in [6.07, 6.45) is 3.82. The molecule has 0 bridgehead atoms. The molecule has 1 heterocycles. The molecule has 0 aliphatic heterocycles. The van der Waals surface area contributed by atoms with E-state index in [2.05, 4.69) is 18.8 Å². The van der Waals surface area contributed by atoms with Gasteiger partial charge in [-0.05, 0) is 37.7 Å². The fraction of sp³-hybridized carbons (Fsp3) is 0.529. The Kier molecular flexibility index (Phi) is 6.40. The van der Waals surface area contributed by atoms with Gasteiger partial charge in [-0.3, -0.25) is 4.79 Å². The number of hydrogen-bond donors (Lipinski definition) is 1. The van der Waals surface area contributed by atoms with Crippen LogP contribution in [0.4, 0.5) is 5.00 Å². The molecule has 1 unspecified atom stereocenters. The molecule has 0 radical (unpaired) electrons. The van der Waals surface area contributed by atoms with E-state index < -0.39 is 27.5 Å². The predicted molar refractivity (Wildman–Crippen MR) is 98.9 cm³/mol. The maximum absolute atomic E-state index is 12.4. The van der Waals surface area contributed by atoms with E-state index in [9.17, 15) is 18.0 Å². The van der Waals surface area contributed by atoms with Crippen molar-refractivity contribution in [2.75, 3.05) is 23.4 Å². The van der Waals surface area contributed by atoms with Crippen LogP contribution in [0.1, 0.15) is 41.1 Å². The van der Waals surface area contributed by atoms with Crippen LogP contribution in [0.3, 0.4) is 0 Å². The highest BCUT2D eigenvalue weighted by Crippen LogP contribution is 2.40. The summed E-state index contributed by atoms with van der Waals surface area (Å²) in [4.78, 5) is 25.6. The third-order valence-corrected chi connectivity index (χ3v) is 6.58. The number of carbonyl (C=O) groups excluding carboxylic acids is 2. The summed E-state index contributed by atoms with van der Waals surface area (Å²) < 4.78 is 28.7. The van der Waals surface area contributed by atoms with E-state index in [1.54, 1.807) is 6.92 Å². The highest BCUT2D eigenvalue weighted by Gasteiger charge is 2.29. The summed E-state index contributed by atoms with van der Waals surface area (Å²) in [5.41, 5.74) is 1.30. The minimum atomic E-state index is -3.55. The van der Waals surface area contributed by atoms with Gasteiger partial charge < -0.3 is 10.1 Å². The zero-order valence-corrected chi connectivity index (χ0v) is 16.1. The second-order valence-electron chi connectivity index (χ2n) is 6.17. The van der Waals surface area contributed by atoms with Gasteiger partial charge in [0.1, 0.15) is 10.8 Å². The lowest BCUT2D eigenvalue weighted by Gasteiger charge is -2.18. The maximum Gasteiger partial charge on any atom is 0.341 e. The number of anilines is 1. The van der Waals surface area contributed by atoms with Crippen molar-refractivity contribution in [1.82, 2.24) is 0 Å². The number of nitrogens with one attached hydrogen (secondary N) is 1. The molecule has 1 aromatic heterocycles. The van der Waals surface area contributed by atoms with Gasteiger partial charge in [0.2, 0.25) is 5.91 Å². The first kappa shape index (κ1) is 19.7. The number of thiophene rings is 1. The van der Waals surface area contributed by atoms with Crippen molar-refractivity contribution in [3.05, 3.63) is 28.7 Å². The molecule has 138 valence electrons. The molecule has 1 N–H and O–H groups in total. The Hall–Kier alpha value is -1.67. The normalized spacial score (nSPS) is 16.8. The molecule has 6 nitrogen and oxygen atoms in total. The first-order valence-corrected chi connectivity index (χ1v) is 10.8. The zero-order valence-electron chi connectivity index (χ0n) is 14.5. The standard InChI is InChI=1S/C17H23NO5S2/c1-4-8-25(21,22)10-14(19)18-16-15(17(20)23-5-2)12-7-6-11(3)9-13(12)24-16/h4,11H,1,5-10H2,2-3H3,(H,18,19). The minimum absolute atomic E-state index is 0.237. The van der Waals surface area contributed by atoms with Crippen LogP contribution in [-0.4, -0.2) is 38.4 Å². The van der Waals surface area contributed by atoms with Crippen molar-refractivity contribution in [2.45, 2.75) is 33.1 Å². The lowest BCUT2D eigenvalue weighted by atomic mass is 9.88. The number of rotatable bonds is 7. The summed E-state index contributed by atoms with van der Waals surface area (Å²) in [6.45, 7) is 7.48. The van der Waals surface area contributed by atoms with Gasteiger partial charge in [0, 0.05) is 4.88 Å². The smallest absolute Gasteiger partial charge is 0.341 e. The van der Waals surface area contributed by atoms with Gasteiger partial charge in [0.15, 0.2) is 9.84 Å². The Balaban J connectivity index is 2.29. The van der Waals surface area contributed by atoms with Crippen LogP contribution < -0.4 is 5.32 Å². The number of ether oxygens (including phenoxy) is 1. The molecule has 1 aliphatic carbocycles. The van der Waals surface area contributed by atoms with Crippen molar-refractivity contribution in [3.63, 3.8) is 0 Å². The fourth-order valence-corrected chi connectivity index (χ4v) is 5.22. The predicted octanol–water partition coefficient (Wildman–Crippen LogP) is 2.59. The number of sulfone groups is 1. The summed E-state index contributed by atoms with van der Waals surface area (Å²) >= 11 is 1.34. The van der Waals surface area contributed by atoms with E-state index in [-0.39, 0.29) is 12.4 Å². The molecule has 1 aromatic rings. The van der Waals surface area contributed by atoms with E-state index >= 15 is 0 Å². The van der Waals surface area contributed by atoms with Crippen molar-refractivity contribution >= 4 is 38.1 Å². The van der Waals surface area contributed by atoms with Crippen molar-refractivity contribution in [3.8, 4) is 0 Å². The number of hydrogen-bond acceptors (Lipinski definition) is 6. The van der Waals surface area contributed by atoms with Gasteiger partial charge in [-0.2, -0.15) is 0 Å². The highest BCUT2D eigenvalue weighted by molar-refractivity contribution is 7.92. The summed E-state index contributed by atoms with van der Waals surface area (Å²) in [5, 5.41) is 2.99. The van der Waals surface area contributed by atoms with E-state index in [1.807, 2.05) is 0 Å². The maximum atomic E-state index is 12.4. The summed E-state index contributed by atoms with van der Waals surface area (Å²) in [6, 6.07) is 0. The molecular weight excluding hydrogens is 362 g/mol. The largest absolute Gasteiger partial charge is 0.462 e. The molecule has 1 aliphatic rings. The van der Waals surface area contributed by atoms with Crippen LogP contribution >= 0.6 is 11.3 Å². The molecule has 25 heavy (non-hydrogen) atoms. The van der Waals surface area contributed by atoms with Crippen LogP contribution in [0.15, 0.2) is 12.7 Å². The van der Waals surface area contributed by atoms with E-state index in [4.69, 9.17) is 4.74 Å². The second kappa shape index (κ2) is 8.14. The Morgan fingerprint density at radius 3 is 2.80 bits per heavy atom. The molecule has 0 spiro atoms. The average molecular weight is 386 g/mol.